The van der Waals surface area contributed by atoms with Gasteiger partial charge >= 0.3 is 11.9 Å². The third kappa shape index (κ3) is 5.53. The minimum atomic E-state index is -0.852. The number of ether oxygens (including phenoxy) is 2. The van der Waals surface area contributed by atoms with Crippen LogP contribution < -0.4 is 5.32 Å². The number of nitrogens with one attached hydrogen (secondary N) is 1. The average Bonchev–Trinajstić information content (AvgIpc) is 3.02. The summed E-state index contributed by atoms with van der Waals surface area (Å²) < 4.78 is 28.2. The summed E-state index contributed by atoms with van der Waals surface area (Å²) in [6, 6.07) is 4.97. The standard InChI is InChI=1S/C21H22FNO7/c1-4-28-20(26)17-12(3)30-19(18(17)21(27)29-5-2)23-16(25)11-10-15(24)13-6-8-14(22)9-7-13/h6-9H,4-5,10-11H2,1-3H3,(H,23,25). The van der Waals surface area contributed by atoms with Gasteiger partial charge in [0.25, 0.3) is 0 Å². The van der Waals surface area contributed by atoms with E-state index < -0.39 is 23.7 Å². The molecule has 2 aromatic rings. The Kier molecular flexibility index (Phi) is 7.85. The molecule has 160 valence electrons. The number of hydrogen-bond acceptors (Lipinski definition) is 7. The van der Waals surface area contributed by atoms with E-state index in [0.717, 1.165) is 12.1 Å². The zero-order chi connectivity index (χ0) is 22.3. The molecular formula is C21H22FNO7. The van der Waals surface area contributed by atoms with Gasteiger partial charge in [0.15, 0.2) is 5.78 Å². The molecule has 0 atom stereocenters. The Labute approximate surface area is 172 Å². The van der Waals surface area contributed by atoms with Gasteiger partial charge < -0.3 is 13.9 Å². The number of aryl methyl sites for hydroxylation is 1. The smallest absolute Gasteiger partial charge is 0.344 e. The maximum absolute atomic E-state index is 12.9. The highest BCUT2D eigenvalue weighted by Crippen LogP contribution is 2.29. The van der Waals surface area contributed by atoms with Crippen molar-refractivity contribution in [2.75, 3.05) is 18.5 Å². The second-order valence-corrected chi connectivity index (χ2v) is 6.16. The van der Waals surface area contributed by atoms with Crippen molar-refractivity contribution in [2.24, 2.45) is 0 Å². The fraction of sp³-hybridized carbons (Fsp3) is 0.333. The summed E-state index contributed by atoms with van der Waals surface area (Å²) in [7, 11) is 0. The maximum atomic E-state index is 12.9. The molecule has 0 bridgehead atoms. The predicted molar refractivity (Wildman–Crippen MR) is 104 cm³/mol. The van der Waals surface area contributed by atoms with Gasteiger partial charge in [0, 0.05) is 18.4 Å². The zero-order valence-electron chi connectivity index (χ0n) is 16.9. The number of ketones is 1. The molecule has 0 aliphatic carbocycles. The number of Topliss-reactive ketones (excluding diaryl/α,β-unsaturated/α-hetero) is 1. The molecule has 30 heavy (non-hydrogen) atoms. The highest BCUT2D eigenvalue weighted by molar-refractivity contribution is 6.09. The highest BCUT2D eigenvalue weighted by Gasteiger charge is 2.31. The van der Waals surface area contributed by atoms with E-state index in [1.807, 2.05) is 0 Å². The first-order valence-corrected chi connectivity index (χ1v) is 9.34. The number of hydrogen-bond donors (Lipinski definition) is 1. The summed E-state index contributed by atoms with van der Waals surface area (Å²) in [4.78, 5) is 49.0. The topological polar surface area (TPSA) is 112 Å². The summed E-state index contributed by atoms with van der Waals surface area (Å²) in [5.41, 5.74) is -0.103. The van der Waals surface area contributed by atoms with Crippen LogP contribution in [0.1, 0.15) is 63.5 Å². The van der Waals surface area contributed by atoms with Crippen LogP contribution in [0.3, 0.4) is 0 Å². The molecule has 2 rings (SSSR count). The van der Waals surface area contributed by atoms with Crippen molar-refractivity contribution < 1.29 is 37.5 Å². The van der Waals surface area contributed by atoms with Gasteiger partial charge in [0.2, 0.25) is 11.8 Å². The molecular weight excluding hydrogens is 397 g/mol. The van der Waals surface area contributed by atoms with Crippen molar-refractivity contribution in [3.63, 3.8) is 0 Å². The van der Waals surface area contributed by atoms with E-state index in [-0.39, 0.29) is 60.2 Å². The lowest BCUT2D eigenvalue weighted by molar-refractivity contribution is -0.116. The van der Waals surface area contributed by atoms with Crippen molar-refractivity contribution in [1.82, 2.24) is 0 Å². The number of benzene rings is 1. The summed E-state index contributed by atoms with van der Waals surface area (Å²) in [6.45, 7) is 4.78. The monoisotopic (exact) mass is 419 g/mol. The fourth-order valence-electron chi connectivity index (χ4n) is 2.68. The van der Waals surface area contributed by atoms with Gasteiger partial charge in [-0.25, -0.2) is 14.0 Å². The van der Waals surface area contributed by atoms with Gasteiger partial charge in [-0.15, -0.1) is 0 Å². The molecule has 0 fully saturated rings. The van der Waals surface area contributed by atoms with Crippen molar-refractivity contribution in [2.45, 2.75) is 33.6 Å². The molecule has 0 unspecified atom stereocenters. The van der Waals surface area contributed by atoms with E-state index in [9.17, 15) is 23.6 Å². The first-order valence-electron chi connectivity index (χ1n) is 9.34. The van der Waals surface area contributed by atoms with Gasteiger partial charge in [-0.05, 0) is 45.0 Å². The lowest BCUT2D eigenvalue weighted by atomic mass is 10.1. The number of carbonyl (C=O) groups is 4. The lowest BCUT2D eigenvalue weighted by Gasteiger charge is -2.07. The lowest BCUT2D eigenvalue weighted by Crippen LogP contribution is -2.18. The third-order valence-electron chi connectivity index (χ3n) is 4.04. The minimum absolute atomic E-state index is 0.0465. The molecule has 0 saturated heterocycles. The summed E-state index contributed by atoms with van der Waals surface area (Å²) in [6.07, 6.45) is -0.358. The quantitative estimate of drug-likeness (QED) is 0.487. The Morgan fingerprint density at radius 3 is 2.07 bits per heavy atom. The SMILES string of the molecule is CCOC(=O)c1c(C)oc(NC(=O)CCC(=O)c2ccc(F)cc2)c1C(=O)OCC. The maximum Gasteiger partial charge on any atom is 0.344 e. The van der Waals surface area contributed by atoms with Gasteiger partial charge in [-0.3, -0.25) is 14.9 Å². The van der Waals surface area contributed by atoms with Gasteiger partial charge in [-0.2, -0.15) is 0 Å². The van der Waals surface area contributed by atoms with Crippen LogP contribution in [0.25, 0.3) is 0 Å². The largest absolute Gasteiger partial charge is 0.462 e. The van der Waals surface area contributed by atoms with Crippen LogP contribution in [0.4, 0.5) is 10.3 Å². The number of rotatable bonds is 9. The minimum Gasteiger partial charge on any atom is -0.462 e. The highest BCUT2D eigenvalue weighted by atomic mass is 19.1. The van der Waals surface area contributed by atoms with Crippen molar-refractivity contribution >= 4 is 29.5 Å². The predicted octanol–water partition coefficient (Wildman–Crippen LogP) is 3.68. The van der Waals surface area contributed by atoms with Gasteiger partial charge in [0.05, 0.1) is 13.2 Å². The first kappa shape index (κ1) is 22.8. The van der Waals surface area contributed by atoms with Crippen LogP contribution >= 0.6 is 0 Å². The van der Waals surface area contributed by atoms with E-state index in [0.29, 0.717) is 0 Å². The normalized spacial score (nSPS) is 10.4. The molecule has 1 amide bonds. The average molecular weight is 419 g/mol. The van der Waals surface area contributed by atoms with E-state index in [1.54, 1.807) is 13.8 Å². The van der Waals surface area contributed by atoms with Crippen LogP contribution in [-0.2, 0) is 14.3 Å². The van der Waals surface area contributed by atoms with Crippen LogP contribution in [0, 0.1) is 12.7 Å². The summed E-state index contributed by atoms with van der Waals surface area (Å²) in [5, 5.41) is 2.40. The first-order chi connectivity index (χ1) is 14.3. The molecule has 0 radical (unpaired) electrons. The molecule has 0 aliphatic heterocycles. The number of anilines is 1. The number of amides is 1. The fourth-order valence-corrected chi connectivity index (χ4v) is 2.68. The number of halogens is 1. The molecule has 0 aliphatic rings. The molecule has 0 spiro atoms. The Bertz CT molecular complexity index is 947. The second-order valence-electron chi connectivity index (χ2n) is 6.16. The summed E-state index contributed by atoms with van der Waals surface area (Å²) in [5.74, 6) is -3.24. The van der Waals surface area contributed by atoms with Crippen molar-refractivity contribution in [3.8, 4) is 0 Å². The van der Waals surface area contributed by atoms with Crippen LogP contribution in [0.2, 0.25) is 0 Å². The van der Waals surface area contributed by atoms with Crippen LogP contribution in [-0.4, -0.2) is 36.8 Å². The van der Waals surface area contributed by atoms with E-state index >= 15 is 0 Å². The van der Waals surface area contributed by atoms with Crippen LogP contribution in [0.15, 0.2) is 28.7 Å². The second kappa shape index (κ2) is 10.3. The van der Waals surface area contributed by atoms with E-state index in [2.05, 4.69) is 5.32 Å². The third-order valence-corrected chi connectivity index (χ3v) is 4.04. The Morgan fingerprint density at radius 2 is 1.50 bits per heavy atom. The zero-order valence-corrected chi connectivity index (χ0v) is 16.9. The van der Waals surface area contributed by atoms with Gasteiger partial charge in [-0.1, -0.05) is 0 Å². The molecule has 0 saturated carbocycles. The Morgan fingerprint density at radius 1 is 0.933 bits per heavy atom. The molecule has 9 heteroatoms. The summed E-state index contributed by atoms with van der Waals surface area (Å²) >= 11 is 0. The Balaban J connectivity index is 2.16. The van der Waals surface area contributed by atoms with E-state index in [4.69, 9.17) is 13.9 Å². The van der Waals surface area contributed by atoms with Crippen LogP contribution in [0.5, 0.6) is 0 Å². The number of furan rings is 1. The Hall–Kier alpha value is -3.49. The number of esters is 2. The molecule has 1 heterocycles. The van der Waals surface area contributed by atoms with Crippen molar-refractivity contribution in [3.05, 3.63) is 52.5 Å². The van der Waals surface area contributed by atoms with Gasteiger partial charge in [0.1, 0.15) is 22.7 Å². The molecule has 8 nitrogen and oxygen atoms in total. The molecule has 1 N–H and O–H groups in total. The molecule has 1 aromatic heterocycles. The molecule has 1 aromatic carbocycles. The number of carbonyl (C=O) groups excluding carboxylic acids is 4. The van der Waals surface area contributed by atoms with Crippen molar-refractivity contribution in [1.29, 1.82) is 0 Å². The van der Waals surface area contributed by atoms with E-state index in [1.165, 1.54) is 19.1 Å².